The first kappa shape index (κ1) is 23.6. The summed E-state index contributed by atoms with van der Waals surface area (Å²) in [7, 11) is 0. The Morgan fingerprint density at radius 3 is 2.52 bits per heavy atom. The molecule has 0 aliphatic carbocycles. The van der Waals surface area contributed by atoms with Gasteiger partial charge in [0.1, 0.15) is 11.6 Å². The maximum Gasteiger partial charge on any atom is 0.306 e. The fourth-order valence-electron chi connectivity index (χ4n) is 2.94. The molecule has 0 aromatic heterocycles. The number of anilines is 1. The van der Waals surface area contributed by atoms with E-state index in [0.717, 1.165) is 11.1 Å². The number of carbonyl (C=O) groups excluding carboxylic acids is 1. The zero-order valence-corrected chi connectivity index (χ0v) is 18.2. The van der Waals surface area contributed by atoms with Crippen LogP contribution in [0.2, 0.25) is 0 Å². The number of hydrogen-bond donors (Lipinski definition) is 2. The van der Waals surface area contributed by atoms with E-state index in [0.29, 0.717) is 23.4 Å². The van der Waals surface area contributed by atoms with Gasteiger partial charge in [0.05, 0.1) is 24.5 Å². The van der Waals surface area contributed by atoms with Gasteiger partial charge in [-0.05, 0) is 48.4 Å². The third kappa shape index (κ3) is 7.51. The lowest BCUT2D eigenvalue weighted by atomic mass is 10.1. The highest BCUT2D eigenvalue weighted by atomic mass is 19.1. The van der Waals surface area contributed by atoms with Crippen LogP contribution >= 0.6 is 0 Å². The smallest absolute Gasteiger partial charge is 0.306 e. The number of carboxylic acids is 1. The molecule has 1 amide bonds. The van der Waals surface area contributed by atoms with Crippen LogP contribution in [0.4, 0.5) is 10.1 Å². The van der Waals surface area contributed by atoms with E-state index in [4.69, 9.17) is 9.84 Å². The third-order valence-corrected chi connectivity index (χ3v) is 4.89. The molecule has 0 bridgehead atoms. The second-order valence-corrected chi connectivity index (χ2v) is 7.56. The van der Waals surface area contributed by atoms with Crippen molar-refractivity contribution in [3.63, 3.8) is 0 Å². The Kier molecular flexibility index (Phi) is 8.20. The lowest BCUT2D eigenvalue weighted by molar-refractivity contribution is -0.141. The molecule has 0 radical (unpaired) electrons. The largest absolute Gasteiger partial charge is 0.493 e. The monoisotopic (exact) mass is 445 g/mol. The first-order valence-corrected chi connectivity index (χ1v) is 10.5. The number of ether oxygens (including phenoxy) is 1. The molecule has 168 valence electrons. The van der Waals surface area contributed by atoms with Crippen LogP contribution in [0.1, 0.15) is 30.0 Å². The van der Waals surface area contributed by atoms with Crippen molar-refractivity contribution in [1.82, 2.24) is 0 Å². The molecule has 3 aromatic rings. The predicted octanol–water partition coefficient (Wildman–Crippen LogP) is 4.90. The van der Waals surface area contributed by atoms with E-state index in [1.165, 1.54) is 6.07 Å². The number of amides is 1. The highest BCUT2D eigenvalue weighted by Crippen LogP contribution is 2.18. The first-order chi connectivity index (χ1) is 15.9. The number of nitrogens with one attached hydrogen (secondary N) is 1. The van der Waals surface area contributed by atoms with Gasteiger partial charge >= 0.3 is 5.97 Å². The summed E-state index contributed by atoms with van der Waals surface area (Å²) in [6.45, 7) is 1.90. The Bertz CT molecular complexity index is 1180. The molecule has 0 aliphatic rings. The molecule has 5 nitrogen and oxygen atoms in total. The molecule has 0 heterocycles. The van der Waals surface area contributed by atoms with Crippen LogP contribution in [0, 0.1) is 23.6 Å². The molecule has 33 heavy (non-hydrogen) atoms. The summed E-state index contributed by atoms with van der Waals surface area (Å²) >= 11 is 0. The molecule has 0 saturated carbocycles. The normalized spacial score (nSPS) is 11.1. The number of carboxylic acid groups (broad SMARTS) is 1. The Morgan fingerprint density at radius 2 is 1.79 bits per heavy atom. The molecule has 0 spiro atoms. The van der Waals surface area contributed by atoms with Crippen LogP contribution in [-0.2, 0) is 16.0 Å². The van der Waals surface area contributed by atoms with Gasteiger partial charge in [0.15, 0.2) is 0 Å². The molecule has 6 heteroatoms. The van der Waals surface area contributed by atoms with Crippen LogP contribution in [0.15, 0.2) is 72.8 Å². The Balaban J connectivity index is 1.53. The summed E-state index contributed by atoms with van der Waals surface area (Å²) in [5, 5.41) is 11.8. The summed E-state index contributed by atoms with van der Waals surface area (Å²) in [4.78, 5) is 23.3. The standard InChI is InChI=1S/C27H24FNO4/c1-19(27(31)32)15-16-33-24-7-4-6-23(18-24)29-26(30)17-21-11-9-20(10-12-21)13-14-22-5-2-3-8-25(22)28/h2-12,18-19H,15-17H2,1H3,(H,29,30)(H,31,32). The zero-order valence-electron chi connectivity index (χ0n) is 18.2. The lowest BCUT2D eigenvalue weighted by Crippen LogP contribution is -2.15. The van der Waals surface area contributed by atoms with Gasteiger partial charge in [0.25, 0.3) is 0 Å². The van der Waals surface area contributed by atoms with Crippen LogP contribution < -0.4 is 10.1 Å². The van der Waals surface area contributed by atoms with Gasteiger partial charge in [0.2, 0.25) is 5.91 Å². The minimum Gasteiger partial charge on any atom is -0.493 e. The van der Waals surface area contributed by atoms with Crippen molar-refractivity contribution in [2.45, 2.75) is 19.8 Å². The van der Waals surface area contributed by atoms with E-state index in [-0.39, 0.29) is 24.8 Å². The molecule has 2 N–H and O–H groups in total. The van der Waals surface area contributed by atoms with E-state index in [2.05, 4.69) is 17.2 Å². The van der Waals surface area contributed by atoms with Gasteiger partial charge < -0.3 is 15.2 Å². The molecular weight excluding hydrogens is 421 g/mol. The number of rotatable bonds is 8. The van der Waals surface area contributed by atoms with Crippen LogP contribution in [0.25, 0.3) is 0 Å². The minimum atomic E-state index is -0.857. The number of aliphatic carboxylic acids is 1. The predicted molar refractivity (Wildman–Crippen MR) is 125 cm³/mol. The van der Waals surface area contributed by atoms with Crippen LogP contribution in [-0.4, -0.2) is 23.6 Å². The zero-order chi connectivity index (χ0) is 23.6. The third-order valence-electron chi connectivity index (χ3n) is 4.89. The maximum absolute atomic E-state index is 13.6. The number of benzene rings is 3. The quantitative estimate of drug-likeness (QED) is 0.484. The average molecular weight is 445 g/mol. The molecule has 3 rings (SSSR count). The highest BCUT2D eigenvalue weighted by Gasteiger charge is 2.11. The fourth-order valence-corrected chi connectivity index (χ4v) is 2.94. The summed E-state index contributed by atoms with van der Waals surface area (Å²) < 4.78 is 19.2. The second kappa shape index (κ2) is 11.5. The van der Waals surface area contributed by atoms with Gasteiger partial charge in [-0.25, -0.2) is 4.39 Å². The van der Waals surface area contributed by atoms with Crippen molar-refractivity contribution in [2.24, 2.45) is 5.92 Å². The Labute approximate surface area is 192 Å². The van der Waals surface area contributed by atoms with Crippen molar-refractivity contribution < 1.29 is 23.8 Å². The first-order valence-electron chi connectivity index (χ1n) is 10.5. The van der Waals surface area contributed by atoms with Crippen molar-refractivity contribution >= 4 is 17.6 Å². The topological polar surface area (TPSA) is 75.6 Å². The minimum absolute atomic E-state index is 0.183. The fraction of sp³-hybridized carbons (Fsp3) is 0.185. The number of carbonyl (C=O) groups is 2. The Hall–Kier alpha value is -4.11. The van der Waals surface area contributed by atoms with E-state index in [1.54, 1.807) is 61.5 Å². The van der Waals surface area contributed by atoms with Crippen LogP contribution in [0.3, 0.4) is 0 Å². The average Bonchev–Trinajstić information content (AvgIpc) is 2.79. The molecule has 1 atom stereocenters. The summed E-state index contributed by atoms with van der Waals surface area (Å²) in [6.07, 6.45) is 0.578. The highest BCUT2D eigenvalue weighted by molar-refractivity contribution is 5.92. The number of halogens is 1. The molecule has 0 fully saturated rings. The number of hydrogen-bond acceptors (Lipinski definition) is 3. The molecule has 0 saturated heterocycles. The maximum atomic E-state index is 13.6. The van der Waals surface area contributed by atoms with Gasteiger partial charge in [-0.2, -0.15) is 0 Å². The van der Waals surface area contributed by atoms with Crippen LogP contribution in [0.5, 0.6) is 5.75 Å². The Morgan fingerprint density at radius 1 is 1.03 bits per heavy atom. The van der Waals surface area contributed by atoms with Crippen molar-refractivity contribution in [3.8, 4) is 17.6 Å². The second-order valence-electron chi connectivity index (χ2n) is 7.56. The van der Waals surface area contributed by atoms with Crippen molar-refractivity contribution in [3.05, 3.63) is 95.3 Å². The summed E-state index contributed by atoms with van der Waals surface area (Å²) in [5.41, 5.74) is 2.48. The SMILES string of the molecule is CC(CCOc1cccc(NC(=O)Cc2ccc(C#Cc3ccccc3F)cc2)c1)C(=O)O. The molecular formula is C27H24FNO4. The van der Waals surface area contributed by atoms with Crippen molar-refractivity contribution in [1.29, 1.82) is 0 Å². The van der Waals surface area contributed by atoms with Gasteiger partial charge in [0, 0.05) is 17.3 Å². The van der Waals surface area contributed by atoms with Gasteiger partial charge in [-0.1, -0.05) is 49.1 Å². The summed E-state index contributed by atoms with van der Waals surface area (Å²) in [5.74, 6) is 4.41. The van der Waals surface area contributed by atoms with E-state index >= 15 is 0 Å². The molecule has 0 aliphatic heterocycles. The lowest BCUT2D eigenvalue weighted by Gasteiger charge is -2.11. The summed E-state index contributed by atoms with van der Waals surface area (Å²) in [6, 6.07) is 20.5. The van der Waals surface area contributed by atoms with E-state index < -0.39 is 11.9 Å². The van der Waals surface area contributed by atoms with E-state index in [9.17, 15) is 14.0 Å². The van der Waals surface area contributed by atoms with Gasteiger partial charge in [-0.3, -0.25) is 9.59 Å². The van der Waals surface area contributed by atoms with Crippen molar-refractivity contribution in [2.75, 3.05) is 11.9 Å². The van der Waals surface area contributed by atoms with Gasteiger partial charge in [-0.15, -0.1) is 0 Å². The van der Waals surface area contributed by atoms with E-state index in [1.807, 2.05) is 12.1 Å². The molecule has 3 aromatic carbocycles. The molecule has 1 unspecified atom stereocenters.